The average Bonchev–Trinajstić information content (AvgIpc) is 2.70. The summed E-state index contributed by atoms with van der Waals surface area (Å²) in [5.41, 5.74) is 1.88. The molecule has 0 atom stereocenters. The maximum atomic E-state index is 13.0. The molecule has 0 aliphatic heterocycles. The summed E-state index contributed by atoms with van der Waals surface area (Å²) in [5, 5.41) is 4.70. The Morgan fingerprint density at radius 2 is 2.03 bits per heavy atom. The zero-order chi connectivity index (χ0) is 21.7. The molecule has 30 heavy (non-hydrogen) atoms. The van der Waals surface area contributed by atoms with Crippen LogP contribution in [0.3, 0.4) is 0 Å². The van der Waals surface area contributed by atoms with Crippen molar-refractivity contribution in [1.29, 1.82) is 0 Å². The van der Waals surface area contributed by atoms with Gasteiger partial charge >= 0.3 is 0 Å². The van der Waals surface area contributed by atoms with Crippen LogP contribution in [0.5, 0.6) is 0 Å². The van der Waals surface area contributed by atoms with Gasteiger partial charge in [0.2, 0.25) is 5.91 Å². The second kappa shape index (κ2) is 10.3. The van der Waals surface area contributed by atoms with E-state index in [4.69, 9.17) is 27.9 Å². The first-order valence-electron chi connectivity index (χ1n) is 9.27. The summed E-state index contributed by atoms with van der Waals surface area (Å²) >= 11 is 13.4. The molecule has 0 spiro atoms. The predicted octanol–water partition coefficient (Wildman–Crippen LogP) is 4.78. The molecule has 1 N–H and O–H groups in total. The van der Waals surface area contributed by atoms with Gasteiger partial charge in [-0.3, -0.25) is 14.2 Å². The fourth-order valence-corrected chi connectivity index (χ4v) is 4.16. The van der Waals surface area contributed by atoms with Crippen LogP contribution in [0.2, 0.25) is 10.0 Å². The minimum Gasteiger partial charge on any atom is -0.385 e. The number of nitrogens with zero attached hydrogens (tertiary/aromatic N) is 2. The van der Waals surface area contributed by atoms with E-state index in [-0.39, 0.29) is 17.2 Å². The fraction of sp³-hybridized carbons (Fsp3) is 0.286. The van der Waals surface area contributed by atoms with Gasteiger partial charge in [-0.1, -0.05) is 41.0 Å². The number of anilines is 1. The van der Waals surface area contributed by atoms with Crippen LogP contribution in [0.4, 0.5) is 5.69 Å². The monoisotopic (exact) mass is 465 g/mol. The lowest BCUT2D eigenvalue weighted by Gasteiger charge is -2.13. The summed E-state index contributed by atoms with van der Waals surface area (Å²) in [6, 6.07) is 10.4. The minimum atomic E-state index is -0.241. The number of rotatable bonds is 8. The van der Waals surface area contributed by atoms with Gasteiger partial charge < -0.3 is 10.1 Å². The van der Waals surface area contributed by atoms with Crippen LogP contribution in [-0.2, 0) is 16.1 Å². The number of carbonyl (C=O) groups excluding carboxylic acids is 1. The van der Waals surface area contributed by atoms with Crippen molar-refractivity contribution in [3.05, 3.63) is 62.4 Å². The number of thioether (sulfide) groups is 1. The molecule has 0 saturated heterocycles. The van der Waals surface area contributed by atoms with Crippen LogP contribution in [-0.4, -0.2) is 34.9 Å². The number of halogens is 2. The normalized spacial score (nSPS) is 11.1. The van der Waals surface area contributed by atoms with E-state index in [1.165, 1.54) is 11.8 Å². The van der Waals surface area contributed by atoms with Gasteiger partial charge in [-0.05, 0) is 49.2 Å². The number of amides is 1. The van der Waals surface area contributed by atoms with E-state index < -0.39 is 0 Å². The highest BCUT2D eigenvalue weighted by atomic mass is 35.5. The van der Waals surface area contributed by atoms with Crippen molar-refractivity contribution in [1.82, 2.24) is 9.55 Å². The van der Waals surface area contributed by atoms with E-state index >= 15 is 0 Å². The Morgan fingerprint density at radius 3 is 2.77 bits per heavy atom. The van der Waals surface area contributed by atoms with Crippen molar-refractivity contribution in [2.45, 2.75) is 25.0 Å². The Morgan fingerprint density at radius 1 is 1.23 bits per heavy atom. The summed E-state index contributed by atoms with van der Waals surface area (Å²) in [6.45, 7) is 2.88. The molecule has 0 radical (unpaired) electrons. The summed E-state index contributed by atoms with van der Waals surface area (Å²) in [5.74, 6) is -0.165. The third kappa shape index (κ3) is 5.55. The van der Waals surface area contributed by atoms with Crippen LogP contribution in [0.1, 0.15) is 12.0 Å². The highest BCUT2D eigenvalue weighted by molar-refractivity contribution is 7.99. The van der Waals surface area contributed by atoms with Gasteiger partial charge in [0.05, 0.1) is 27.4 Å². The molecule has 0 fully saturated rings. The molecule has 0 saturated carbocycles. The Hall–Kier alpha value is -2.06. The number of carbonyl (C=O) groups is 1. The molecule has 1 heterocycles. The van der Waals surface area contributed by atoms with E-state index in [1.807, 2.05) is 13.0 Å². The van der Waals surface area contributed by atoms with Crippen molar-refractivity contribution in [2.24, 2.45) is 0 Å². The molecule has 0 aliphatic carbocycles. The lowest BCUT2D eigenvalue weighted by atomic mass is 10.2. The predicted molar refractivity (Wildman–Crippen MR) is 123 cm³/mol. The first kappa shape index (κ1) is 22.6. The first-order chi connectivity index (χ1) is 14.4. The van der Waals surface area contributed by atoms with Gasteiger partial charge in [-0.15, -0.1) is 0 Å². The molecule has 3 rings (SSSR count). The Balaban J connectivity index is 1.83. The third-order valence-corrected chi connectivity index (χ3v) is 5.87. The number of ether oxygens (including phenoxy) is 1. The van der Waals surface area contributed by atoms with E-state index in [0.29, 0.717) is 51.4 Å². The zero-order valence-electron chi connectivity index (χ0n) is 16.6. The third-order valence-electron chi connectivity index (χ3n) is 4.34. The molecule has 0 bridgehead atoms. The SMILES string of the molecule is COCCCn1c(SCC(=O)Nc2ccc(C)cc2Cl)nc2cc(Cl)ccc2c1=O. The molecular weight excluding hydrogens is 445 g/mol. The second-order valence-electron chi connectivity index (χ2n) is 6.68. The van der Waals surface area contributed by atoms with Crippen molar-refractivity contribution in [3.63, 3.8) is 0 Å². The number of hydrogen-bond acceptors (Lipinski definition) is 5. The first-order valence-corrected chi connectivity index (χ1v) is 11.0. The molecule has 1 amide bonds. The van der Waals surface area contributed by atoms with E-state index in [1.54, 1.807) is 42.0 Å². The minimum absolute atomic E-state index is 0.0764. The Kier molecular flexibility index (Phi) is 7.77. The summed E-state index contributed by atoms with van der Waals surface area (Å²) < 4.78 is 6.67. The van der Waals surface area contributed by atoms with E-state index in [2.05, 4.69) is 10.3 Å². The molecule has 0 aliphatic rings. The maximum Gasteiger partial charge on any atom is 0.262 e. The zero-order valence-corrected chi connectivity index (χ0v) is 18.9. The quantitative estimate of drug-likeness (QED) is 0.294. The lowest BCUT2D eigenvalue weighted by molar-refractivity contribution is -0.113. The second-order valence-corrected chi connectivity index (χ2v) is 8.47. The van der Waals surface area contributed by atoms with Gasteiger partial charge in [-0.25, -0.2) is 4.98 Å². The van der Waals surface area contributed by atoms with Crippen molar-refractivity contribution in [3.8, 4) is 0 Å². The van der Waals surface area contributed by atoms with Gasteiger partial charge in [-0.2, -0.15) is 0 Å². The van der Waals surface area contributed by atoms with Gasteiger partial charge in [0.1, 0.15) is 0 Å². The molecule has 3 aromatic rings. The van der Waals surface area contributed by atoms with E-state index in [9.17, 15) is 9.59 Å². The van der Waals surface area contributed by atoms with Gasteiger partial charge in [0.25, 0.3) is 5.56 Å². The average molecular weight is 466 g/mol. The van der Waals surface area contributed by atoms with Crippen LogP contribution in [0.25, 0.3) is 10.9 Å². The summed E-state index contributed by atoms with van der Waals surface area (Å²) in [7, 11) is 1.61. The standard InChI is InChI=1S/C21H21Cl2N3O3S/c1-13-4-7-17(16(23)10-13)24-19(27)12-30-21-25-18-11-14(22)5-6-15(18)20(28)26(21)8-3-9-29-2/h4-7,10-11H,3,8-9,12H2,1-2H3,(H,24,27). The van der Waals surface area contributed by atoms with Crippen molar-refractivity contribution < 1.29 is 9.53 Å². The fourth-order valence-electron chi connectivity index (χ4n) is 2.89. The van der Waals surface area contributed by atoms with Crippen LogP contribution >= 0.6 is 35.0 Å². The van der Waals surface area contributed by atoms with Crippen molar-refractivity contribution >= 4 is 57.5 Å². The summed E-state index contributed by atoms with van der Waals surface area (Å²) in [4.78, 5) is 30.0. The number of hydrogen-bond donors (Lipinski definition) is 1. The molecule has 6 nitrogen and oxygen atoms in total. The molecule has 9 heteroatoms. The summed E-state index contributed by atoms with van der Waals surface area (Å²) in [6.07, 6.45) is 0.649. The van der Waals surface area contributed by atoms with Gasteiger partial charge in [0.15, 0.2) is 5.16 Å². The number of nitrogens with one attached hydrogen (secondary N) is 1. The van der Waals surface area contributed by atoms with Crippen LogP contribution < -0.4 is 10.9 Å². The van der Waals surface area contributed by atoms with Crippen LogP contribution in [0.15, 0.2) is 46.3 Å². The highest BCUT2D eigenvalue weighted by Crippen LogP contribution is 2.24. The molecule has 158 valence electrons. The lowest BCUT2D eigenvalue weighted by Crippen LogP contribution is -2.25. The largest absolute Gasteiger partial charge is 0.385 e. The van der Waals surface area contributed by atoms with Crippen LogP contribution in [0, 0.1) is 6.92 Å². The molecule has 1 aromatic heterocycles. The Bertz CT molecular complexity index is 1130. The maximum absolute atomic E-state index is 13.0. The molecular formula is C21H21Cl2N3O3S. The van der Waals surface area contributed by atoms with Gasteiger partial charge in [0, 0.05) is 25.3 Å². The number of aromatic nitrogens is 2. The topological polar surface area (TPSA) is 73.2 Å². The molecule has 2 aromatic carbocycles. The van der Waals surface area contributed by atoms with E-state index in [0.717, 1.165) is 5.56 Å². The molecule has 0 unspecified atom stereocenters. The smallest absolute Gasteiger partial charge is 0.262 e. The number of methoxy groups -OCH3 is 1. The number of fused-ring (bicyclic) bond motifs is 1. The Labute approximate surface area is 188 Å². The highest BCUT2D eigenvalue weighted by Gasteiger charge is 2.14. The number of benzene rings is 2. The van der Waals surface area contributed by atoms with Crippen molar-refractivity contribution in [2.75, 3.05) is 24.8 Å². The number of aryl methyl sites for hydroxylation is 1.